The molecule has 2 saturated heterocycles. The number of nitrogens with zero attached hydrogens (tertiary/aromatic N) is 4. The van der Waals surface area contributed by atoms with Gasteiger partial charge in [-0.05, 0) is 141 Å². The summed E-state index contributed by atoms with van der Waals surface area (Å²) in [6, 6.07) is 19.4. The third-order valence-corrected chi connectivity index (χ3v) is 17.3. The molecule has 600 valence electrons. The Hall–Kier alpha value is -11.9. The van der Waals surface area contributed by atoms with Crippen LogP contribution >= 0.6 is 0 Å². The van der Waals surface area contributed by atoms with E-state index in [1.54, 1.807) is 97.9 Å². The third-order valence-electron chi connectivity index (χ3n) is 17.3. The lowest BCUT2D eigenvalue weighted by Crippen LogP contribution is -2.52. The van der Waals surface area contributed by atoms with Crippen LogP contribution in [-0.2, 0) is 60.6 Å². The number of hydrogen-bond acceptors (Lipinski definition) is 26. The van der Waals surface area contributed by atoms with Crippen molar-refractivity contribution in [3.05, 3.63) is 160 Å². The van der Waals surface area contributed by atoms with Crippen LogP contribution in [0.4, 0.5) is 30.6 Å². The van der Waals surface area contributed by atoms with Crippen molar-refractivity contribution in [2.75, 3.05) is 52.5 Å². The summed E-state index contributed by atoms with van der Waals surface area (Å²) in [6.07, 6.45) is 0.684. The van der Waals surface area contributed by atoms with Gasteiger partial charge in [-0.3, -0.25) is 39.4 Å². The molecule has 0 spiro atoms. The Kier molecular flexibility index (Phi) is 33.0. The standard InChI is InChI=1S/C38H47N5O12.C26H38N4O9.C12H11NO4/c1-23(27-10-5-6-12-30(27)43(50)51)22-52-37(49)41-29(11-7-8-16-40-36(48)55-38(2,3)4)34(46)42-17-9-13-31(42)35(47)53-26-14-15-28-24(18-25(44)21-39)19-33(45)54-32(28)20-26;1-17(18-10-5-6-12-20(18)30(36)37)16-38-25(35)28-19(22(31)29-15-9-13-21(29)23(32)33)11-7-8-14-27-24(34)39-26(2,3)4;13-6-9(15)3-7-4-12(16)17-11-5-8(14)1-2-10(7)11/h5-6,10,12,14-15,19-20,23,29,31H,7-9,11,13,16-18,21-22,39H2,1-4H3,(H,40,48)(H,41,49);5-6,10,12,17,19,21H,7-9,11,13-16H2,1-4H3,(H,27,34)(H,28,35)(H,32,33);1-2,4-5,14H,3,6,13H2/t23?,29-,31-;17?,19-,21-;/m00./s1. The normalized spacial score (nSPS) is 15.0. The highest BCUT2D eigenvalue weighted by Gasteiger charge is 2.41. The topological polar surface area (TPSA) is 511 Å². The molecule has 111 heavy (non-hydrogen) atoms. The van der Waals surface area contributed by atoms with E-state index in [2.05, 4.69) is 21.3 Å². The van der Waals surface area contributed by atoms with Crippen LogP contribution in [0, 0.1) is 20.2 Å². The van der Waals surface area contributed by atoms with Crippen molar-refractivity contribution in [2.24, 2.45) is 11.5 Å². The molecule has 10 N–H and O–H groups in total. The van der Waals surface area contributed by atoms with E-state index >= 15 is 0 Å². The Morgan fingerprint density at radius 1 is 0.577 bits per heavy atom. The number of nitro groups is 2. The first kappa shape index (κ1) is 88.0. The average molecular weight is 1550 g/mol. The van der Waals surface area contributed by atoms with Crippen molar-refractivity contribution in [2.45, 2.75) is 180 Å². The summed E-state index contributed by atoms with van der Waals surface area (Å²) in [6.45, 7) is 14.1. The van der Waals surface area contributed by atoms with Gasteiger partial charge in [0.25, 0.3) is 11.4 Å². The minimum absolute atomic E-state index is 0.00273. The van der Waals surface area contributed by atoms with Gasteiger partial charge in [-0.1, -0.05) is 50.2 Å². The number of nitrogens with two attached hydrogens (primary N) is 2. The van der Waals surface area contributed by atoms with E-state index in [1.165, 1.54) is 64.4 Å². The quantitative estimate of drug-likeness (QED) is 0.00385. The largest absolute Gasteiger partial charge is 0.508 e. The minimum atomic E-state index is -1.13. The maximum Gasteiger partial charge on any atom is 0.407 e. The van der Waals surface area contributed by atoms with Crippen LogP contribution in [0.5, 0.6) is 11.5 Å². The van der Waals surface area contributed by atoms with E-state index in [4.69, 9.17) is 44.0 Å². The Morgan fingerprint density at radius 3 is 1.41 bits per heavy atom. The number of phenols is 1. The fourth-order valence-corrected chi connectivity index (χ4v) is 12.1. The molecule has 0 saturated carbocycles. The predicted molar refractivity (Wildman–Crippen MR) is 401 cm³/mol. The Bertz CT molecular complexity index is 4450. The van der Waals surface area contributed by atoms with Gasteiger partial charge in [0.05, 0.1) is 22.9 Å². The number of aliphatic carboxylic acids is 1. The molecule has 2 aliphatic rings. The molecule has 4 heterocycles. The molecular formula is C76H96N10O25. The summed E-state index contributed by atoms with van der Waals surface area (Å²) in [5.41, 5.74) is 10.0. The van der Waals surface area contributed by atoms with Crippen LogP contribution in [0.1, 0.15) is 154 Å². The number of ketones is 2. The Labute approximate surface area is 637 Å². The summed E-state index contributed by atoms with van der Waals surface area (Å²) >= 11 is 0. The number of esters is 1. The van der Waals surface area contributed by atoms with E-state index in [0.29, 0.717) is 78.0 Å². The van der Waals surface area contributed by atoms with Crippen LogP contribution < -0.4 is 48.7 Å². The van der Waals surface area contributed by atoms with E-state index in [1.807, 2.05) is 0 Å². The number of benzene rings is 4. The van der Waals surface area contributed by atoms with Gasteiger partial charge in [0.2, 0.25) is 11.8 Å². The van der Waals surface area contributed by atoms with Crippen LogP contribution in [0.2, 0.25) is 0 Å². The first-order valence-electron chi connectivity index (χ1n) is 36.0. The summed E-state index contributed by atoms with van der Waals surface area (Å²) in [7, 11) is 0. The maximum absolute atomic E-state index is 14.0. The summed E-state index contributed by atoms with van der Waals surface area (Å²) in [5, 5.41) is 53.1. The van der Waals surface area contributed by atoms with E-state index < -0.39 is 116 Å². The van der Waals surface area contributed by atoms with E-state index in [9.17, 15) is 88.0 Å². The molecule has 2 aliphatic heterocycles. The molecule has 35 nitrogen and oxygen atoms in total. The number of alkyl carbamates (subject to hydrolysis) is 4. The smallest absolute Gasteiger partial charge is 0.407 e. The zero-order valence-electron chi connectivity index (χ0n) is 63.1. The number of aromatic hydroxyl groups is 1. The van der Waals surface area contributed by atoms with Crippen LogP contribution in [0.15, 0.2) is 115 Å². The molecule has 8 rings (SSSR count). The number of carboxylic acids is 1. The zero-order valence-corrected chi connectivity index (χ0v) is 63.1. The van der Waals surface area contributed by atoms with Crippen molar-refractivity contribution in [3.63, 3.8) is 0 Å². The van der Waals surface area contributed by atoms with Crippen LogP contribution in [-0.4, -0.2) is 177 Å². The van der Waals surface area contributed by atoms with Gasteiger partial charge in [-0.15, -0.1) is 0 Å². The lowest BCUT2D eigenvalue weighted by molar-refractivity contribution is -0.385. The SMILES string of the molecule is CC(COC(=O)N[C@@H](CCCCNC(=O)OC(C)(C)C)C(=O)N1CCC[C@H]1C(=O)O)c1ccccc1[N+](=O)[O-].CC(COC(=O)N[C@@H](CCCCNC(=O)OC(C)(C)C)C(=O)N1CCC[C@H]1C(=O)Oc1ccc2c(CC(=O)CN)cc(=O)oc2c1)c1ccccc1[N+](=O)[O-].NCC(=O)Cc1cc(=O)oc2cc(O)ccc12. The lowest BCUT2D eigenvalue weighted by atomic mass is 10.0. The molecule has 6 amide bonds. The molecule has 2 fully saturated rings. The highest BCUT2D eigenvalue weighted by Crippen LogP contribution is 2.31. The summed E-state index contributed by atoms with van der Waals surface area (Å²) < 4.78 is 37.0. The molecule has 0 bridgehead atoms. The highest BCUT2D eigenvalue weighted by atomic mass is 16.6. The Balaban J connectivity index is 0.000000295. The van der Waals surface area contributed by atoms with Crippen molar-refractivity contribution < 1.29 is 101 Å². The Morgan fingerprint density at radius 2 is 0.991 bits per heavy atom. The van der Waals surface area contributed by atoms with E-state index in [-0.39, 0.29) is 130 Å². The second kappa shape index (κ2) is 41.6. The number of phenolic OH excluding ortho intramolecular Hbond substituents is 1. The fourth-order valence-electron chi connectivity index (χ4n) is 12.1. The number of fused-ring (bicyclic) bond motifs is 2. The molecule has 4 aromatic carbocycles. The summed E-state index contributed by atoms with van der Waals surface area (Å²) in [5.74, 6) is -4.35. The van der Waals surface area contributed by atoms with Crippen molar-refractivity contribution in [3.8, 4) is 11.5 Å². The van der Waals surface area contributed by atoms with Crippen LogP contribution in [0.25, 0.3) is 21.9 Å². The number of unbranched alkanes of at least 4 members (excludes halogenated alkanes) is 2. The number of ether oxygens (including phenoxy) is 5. The van der Waals surface area contributed by atoms with Crippen molar-refractivity contribution >= 4 is 93.0 Å². The number of nitrogens with one attached hydrogen (secondary N) is 4. The maximum atomic E-state index is 14.0. The molecule has 2 aromatic heterocycles. The number of hydrogen-bond donors (Lipinski definition) is 8. The molecule has 0 radical (unpaired) electrons. The number of likely N-dealkylation sites (tertiary alicyclic amines) is 2. The highest BCUT2D eigenvalue weighted by molar-refractivity contribution is 5.93. The van der Waals surface area contributed by atoms with Gasteiger partial charge in [-0.25, -0.2) is 38.4 Å². The second-order valence-corrected chi connectivity index (χ2v) is 28.4. The number of carboxylic acid groups (broad SMARTS) is 1. The van der Waals surface area contributed by atoms with Crippen molar-refractivity contribution in [1.29, 1.82) is 0 Å². The first-order chi connectivity index (χ1) is 52.4. The molecule has 35 heteroatoms. The number of Topliss-reactive ketones (excluding diaryl/α,β-unsaturated/α-hetero) is 2. The van der Waals surface area contributed by atoms with Gasteiger partial charge in [0, 0.05) is 109 Å². The monoisotopic (exact) mass is 1550 g/mol. The fraction of sp³-hybridized carbons (Fsp3) is 0.474. The van der Waals surface area contributed by atoms with Gasteiger partial charge >= 0.3 is 47.6 Å². The van der Waals surface area contributed by atoms with Crippen molar-refractivity contribution in [1.82, 2.24) is 31.1 Å². The predicted octanol–water partition coefficient (Wildman–Crippen LogP) is 8.39. The number of nitro benzene ring substituents is 2. The second-order valence-electron chi connectivity index (χ2n) is 28.4. The molecule has 6 atom stereocenters. The average Bonchev–Trinajstić information content (AvgIpc) is 0.982. The molecule has 2 unspecified atom stereocenters. The molecular weight excluding hydrogens is 1450 g/mol. The molecule has 6 aromatic rings. The van der Waals surface area contributed by atoms with Gasteiger partial charge < -0.3 is 85.3 Å². The third kappa shape index (κ3) is 27.9. The zero-order chi connectivity index (χ0) is 81.9. The first-order valence-corrected chi connectivity index (χ1v) is 36.0. The van der Waals surface area contributed by atoms with E-state index in [0.717, 1.165) is 0 Å². The number of carbonyl (C=O) groups is 10. The van der Waals surface area contributed by atoms with Gasteiger partial charge in [0.1, 0.15) is 71.2 Å². The number of rotatable bonds is 31. The summed E-state index contributed by atoms with van der Waals surface area (Å²) in [4.78, 5) is 173. The minimum Gasteiger partial charge on any atom is -0.508 e. The lowest BCUT2D eigenvalue weighted by Gasteiger charge is -2.28. The number of carbonyl (C=O) groups excluding carboxylic acids is 9. The van der Waals surface area contributed by atoms with Gasteiger partial charge in [0.15, 0.2) is 11.6 Å². The molecule has 0 aliphatic carbocycles. The number of amides is 6. The van der Waals surface area contributed by atoms with Gasteiger partial charge in [-0.2, -0.15) is 0 Å². The number of para-hydroxylation sites is 2. The van der Waals surface area contributed by atoms with Crippen LogP contribution in [0.3, 0.4) is 0 Å².